The molecule has 0 amide bonds. The van der Waals surface area contributed by atoms with E-state index in [1.54, 1.807) is 25.1 Å². The molecular weight excluding hydrogens is 204 g/mol. The van der Waals surface area contributed by atoms with Gasteiger partial charge in [0.25, 0.3) is 0 Å². The van der Waals surface area contributed by atoms with Crippen molar-refractivity contribution in [2.45, 2.75) is 33.3 Å². The van der Waals surface area contributed by atoms with Crippen LogP contribution in [0.4, 0.5) is 0 Å². The minimum absolute atomic E-state index is 0.150. The van der Waals surface area contributed by atoms with E-state index in [0.29, 0.717) is 17.9 Å². The highest BCUT2D eigenvalue weighted by Crippen LogP contribution is 2.16. The molecule has 0 bridgehead atoms. The van der Waals surface area contributed by atoms with Gasteiger partial charge in [-0.25, -0.2) is 4.79 Å². The Morgan fingerprint density at radius 1 is 1.38 bits per heavy atom. The molecule has 1 aromatic carbocycles. The van der Waals surface area contributed by atoms with Crippen LogP contribution in [0.15, 0.2) is 24.3 Å². The Balaban J connectivity index is 2.74. The quantitative estimate of drug-likeness (QED) is 0.718. The van der Waals surface area contributed by atoms with Crippen LogP contribution >= 0.6 is 0 Å². The Morgan fingerprint density at radius 3 is 2.75 bits per heavy atom. The first-order valence-corrected chi connectivity index (χ1v) is 5.61. The number of esters is 1. The third-order valence-corrected chi connectivity index (χ3v) is 2.26. The van der Waals surface area contributed by atoms with E-state index in [-0.39, 0.29) is 12.1 Å². The number of benzene rings is 1. The number of hydrogen-bond donors (Lipinski definition) is 0. The zero-order valence-electron chi connectivity index (χ0n) is 10.0. The molecule has 0 radical (unpaired) electrons. The van der Waals surface area contributed by atoms with Crippen LogP contribution in [-0.4, -0.2) is 18.7 Å². The van der Waals surface area contributed by atoms with Crippen LogP contribution in [0, 0.1) is 0 Å². The average Bonchev–Trinajstić information content (AvgIpc) is 2.29. The molecule has 0 fully saturated rings. The topological polar surface area (TPSA) is 35.5 Å². The fraction of sp³-hybridized carbons (Fsp3) is 0.462. The first-order chi connectivity index (χ1) is 7.67. The van der Waals surface area contributed by atoms with E-state index in [9.17, 15) is 4.79 Å². The third kappa shape index (κ3) is 3.57. The predicted octanol–water partition coefficient (Wildman–Crippen LogP) is 3.04. The van der Waals surface area contributed by atoms with E-state index in [4.69, 9.17) is 9.47 Å². The minimum atomic E-state index is -0.308. The highest BCUT2D eigenvalue weighted by atomic mass is 16.5. The van der Waals surface area contributed by atoms with E-state index >= 15 is 0 Å². The second kappa shape index (κ2) is 6.16. The first kappa shape index (κ1) is 12.6. The van der Waals surface area contributed by atoms with E-state index in [2.05, 4.69) is 6.92 Å². The Labute approximate surface area is 96.4 Å². The smallest absolute Gasteiger partial charge is 0.338 e. The van der Waals surface area contributed by atoms with E-state index < -0.39 is 0 Å². The van der Waals surface area contributed by atoms with Gasteiger partial charge in [0.15, 0.2) is 0 Å². The van der Waals surface area contributed by atoms with Crippen molar-refractivity contribution in [1.82, 2.24) is 0 Å². The summed E-state index contributed by atoms with van der Waals surface area (Å²) in [5.74, 6) is 0.400. The average molecular weight is 222 g/mol. The lowest BCUT2D eigenvalue weighted by atomic mass is 10.2. The molecule has 0 saturated heterocycles. The van der Waals surface area contributed by atoms with Crippen molar-refractivity contribution in [3.05, 3.63) is 29.8 Å². The summed E-state index contributed by atoms with van der Waals surface area (Å²) in [7, 11) is 0. The van der Waals surface area contributed by atoms with Gasteiger partial charge in [0.2, 0.25) is 0 Å². The zero-order chi connectivity index (χ0) is 12.0. The van der Waals surface area contributed by atoms with Crippen molar-refractivity contribution in [2.24, 2.45) is 0 Å². The summed E-state index contributed by atoms with van der Waals surface area (Å²) in [5.41, 5.74) is 0.530. The van der Waals surface area contributed by atoms with Crippen molar-refractivity contribution in [3.8, 4) is 5.75 Å². The van der Waals surface area contributed by atoms with E-state index in [1.165, 1.54) is 0 Å². The van der Waals surface area contributed by atoms with Gasteiger partial charge in [-0.3, -0.25) is 0 Å². The van der Waals surface area contributed by atoms with Crippen LogP contribution in [0.3, 0.4) is 0 Å². The SMILES string of the molecule is CCOC(=O)c1cccc(OC(C)CC)c1. The molecule has 0 N–H and O–H groups in total. The maximum absolute atomic E-state index is 11.5. The molecule has 1 rings (SSSR count). The molecule has 0 aliphatic carbocycles. The van der Waals surface area contributed by atoms with Crippen LogP contribution in [0.2, 0.25) is 0 Å². The van der Waals surface area contributed by atoms with Crippen molar-refractivity contribution in [3.63, 3.8) is 0 Å². The minimum Gasteiger partial charge on any atom is -0.491 e. The van der Waals surface area contributed by atoms with Crippen molar-refractivity contribution in [1.29, 1.82) is 0 Å². The molecule has 1 aromatic rings. The Morgan fingerprint density at radius 2 is 2.12 bits per heavy atom. The molecule has 0 aromatic heterocycles. The van der Waals surface area contributed by atoms with Crippen molar-refractivity contribution < 1.29 is 14.3 Å². The summed E-state index contributed by atoms with van der Waals surface area (Å²) >= 11 is 0. The normalized spacial score (nSPS) is 11.9. The standard InChI is InChI=1S/C13H18O3/c1-4-10(3)16-12-8-6-7-11(9-12)13(14)15-5-2/h6-10H,4-5H2,1-3H3. The molecule has 88 valence electrons. The fourth-order valence-corrected chi connectivity index (χ4v) is 1.23. The maximum atomic E-state index is 11.5. The lowest BCUT2D eigenvalue weighted by Crippen LogP contribution is -2.10. The van der Waals surface area contributed by atoms with Gasteiger partial charge >= 0.3 is 5.97 Å². The Hall–Kier alpha value is -1.51. The molecule has 3 heteroatoms. The van der Waals surface area contributed by atoms with Crippen LogP contribution in [0.1, 0.15) is 37.6 Å². The van der Waals surface area contributed by atoms with Gasteiger partial charge in [0.1, 0.15) is 5.75 Å². The summed E-state index contributed by atoms with van der Waals surface area (Å²) < 4.78 is 10.5. The number of hydrogen-bond acceptors (Lipinski definition) is 3. The van der Waals surface area contributed by atoms with Gasteiger partial charge < -0.3 is 9.47 Å². The third-order valence-electron chi connectivity index (χ3n) is 2.26. The van der Waals surface area contributed by atoms with Crippen LogP contribution in [0.5, 0.6) is 5.75 Å². The Kier molecular flexibility index (Phi) is 4.83. The van der Waals surface area contributed by atoms with Gasteiger partial charge in [-0.2, -0.15) is 0 Å². The second-order valence-electron chi connectivity index (χ2n) is 3.59. The number of carbonyl (C=O) groups is 1. The maximum Gasteiger partial charge on any atom is 0.338 e. The summed E-state index contributed by atoms with van der Waals surface area (Å²) in [6.07, 6.45) is 1.08. The van der Waals surface area contributed by atoms with Gasteiger partial charge in [0.05, 0.1) is 18.3 Å². The highest BCUT2D eigenvalue weighted by Gasteiger charge is 2.08. The van der Waals surface area contributed by atoms with Gasteiger partial charge in [-0.05, 0) is 38.5 Å². The van der Waals surface area contributed by atoms with Gasteiger partial charge in [-0.15, -0.1) is 0 Å². The lowest BCUT2D eigenvalue weighted by molar-refractivity contribution is 0.0525. The highest BCUT2D eigenvalue weighted by molar-refractivity contribution is 5.89. The summed E-state index contributed by atoms with van der Waals surface area (Å²) in [4.78, 5) is 11.5. The largest absolute Gasteiger partial charge is 0.491 e. The van der Waals surface area contributed by atoms with Crippen molar-refractivity contribution >= 4 is 5.97 Å². The fourth-order valence-electron chi connectivity index (χ4n) is 1.23. The molecule has 1 unspecified atom stereocenters. The van der Waals surface area contributed by atoms with Crippen LogP contribution < -0.4 is 4.74 Å². The molecule has 1 atom stereocenters. The van der Waals surface area contributed by atoms with Crippen LogP contribution in [-0.2, 0) is 4.74 Å². The number of rotatable bonds is 5. The first-order valence-electron chi connectivity index (χ1n) is 5.61. The van der Waals surface area contributed by atoms with Gasteiger partial charge in [-0.1, -0.05) is 13.0 Å². The van der Waals surface area contributed by atoms with Gasteiger partial charge in [0, 0.05) is 0 Å². The molecule has 0 spiro atoms. The van der Waals surface area contributed by atoms with E-state index in [1.807, 2.05) is 13.0 Å². The molecular formula is C13H18O3. The molecule has 0 heterocycles. The molecule has 0 saturated carbocycles. The predicted molar refractivity (Wildman–Crippen MR) is 62.8 cm³/mol. The monoisotopic (exact) mass is 222 g/mol. The molecule has 16 heavy (non-hydrogen) atoms. The molecule has 3 nitrogen and oxygen atoms in total. The summed E-state index contributed by atoms with van der Waals surface area (Å²) in [5, 5.41) is 0. The van der Waals surface area contributed by atoms with Crippen LogP contribution in [0.25, 0.3) is 0 Å². The Bertz CT molecular complexity index is 347. The van der Waals surface area contributed by atoms with E-state index in [0.717, 1.165) is 6.42 Å². The number of ether oxygens (including phenoxy) is 2. The molecule has 0 aliphatic heterocycles. The summed E-state index contributed by atoms with van der Waals surface area (Å²) in [6, 6.07) is 7.07. The summed E-state index contributed by atoms with van der Waals surface area (Å²) in [6.45, 7) is 6.23. The molecule has 0 aliphatic rings. The zero-order valence-corrected chi connectivity index (χ0v) is 10.0. The van der Waals surface area contributed by atoms with Crippen molar-refractivity contribution in [2.75, 3.05) is 6.61 Å². The lowest BCUT2D eigenvalue weighted by Gasteiger charge is -2.13. The second-order valence-corrected chi connectivity index (χ2v) is 3.59. The number of carbonyl (C=O) groups excluding carboxylic acids is 1.